The molecule has 0 bridgehead atoms. The van der Waals surface area contributed by atoms with Gasteiger partial charge in [0.15, 0.2) is 0 Å². The second-order valence-electron chi connectivity index (χ2n) is 3.60. The van der Waals surface area contributed by atoms with Crippen LogP contribution in [0.25, 0.3) is 11.1 Å². The Kier molecular flexibility index (Phi) is 4.29. The molecule has 0 aliphatic carbocycles. The molecule has 0 heterocycles. The minimum absolute atomic E-state index is 0.470. The molecule has 0 spiro atoms. The Morgan fingerprint density at radius 3 is 2.11 bits per heavy atom. The van der Waals surface area contributed by atoms with E-state index in [2.05, 4.69) is 0 Å². The van der Waals surface area contributed by atoms with Gasteiger partial charge in [0.05, 0.1) is 27.2 Å². The number of benzene rings is 2. The van der Waals surface area contributed by atoms with E-state index in [1.54, 1.807) is 24.3 Å². The first-order valence-electron chi connectivity index (χ1n) is 5.01. The van der Waals surface area contributed by atoms with E-state index in [9.17, 15) is 0 Å². The van der Waals surface area contributed by atoms with Crippen LogP contribution in [-0.4, -0.2) is 7.11 Å². The first kappa shape index (κ1) is 13.8. The van der Waals surface area contributed by atoms with Crippen molar-refractivity contribution in [1.82, 2.24) is 0 Å². The van der Waals surface area contributed by atoms with Crippen molar-refractivity contribution in [2.75, 3.05) is 7.11 Å². The van der Waals surface area contributed by atoms with Crippen molar-refractivity contribution in [2.24, 2.45) is 0 Å². The topological polar surface area (TPSA) is 9.23 Å². The van der Waals surface area contributed by atoms with Gasteiger partial charge in [0, 0.05) is 11.6 Å². The molecular weight excluding hydrogens is 314 g/mol. The average molecular weight is 322 g/mol. The number of hydrogen-bond donors (Lipinski definition) is 0. The summed E-state index contributed by atoms with van der Waals surface area (Å²) in [6.07, 6.45) is 0. The molecule has 0 fully saturated rings. The van der Waals surface area contributed by atoms with E-state index < -0.39 is 0 Å². The summed E-state index contributed by atoms with van der Waals surface area (Å²) in [5, 5.41) is 1.99. The summed E-state index contributed by atoms with van der Waals surface area (Å²) in [4.78, 5) is 0. The highest BCUT2D eigenvalue weighted by Gasteiger charge is 2.10. The van der Waals surface area contributed by atoms with Gasteiger partial charge in [0.25, 0.3) is 0 Å². The summed E-state index contributed by atoms with van der Waals surface area (Å²) in [5.74, 6) is 0.533. The maximum Gasteiger partial charge on any atom is 0.138 e. The fraction of sp³-hybridized carbons (Fsp3) is 0.0769. The Morgan fingerprint density at radius 2 is 1.50 bits per heavy atom. The Morgan fingerprint density at radius 1 is 0.778 bits per heavy atom. The first-order valence-corrected chi connectivity index (χ1v) is 6.52. The predicted octanol–water partition coefficient (Wildman–Crippen LogP) is 5.98. The van der Waals surface area contributed by atoms with Crippen molar-refractivity contribution >= 4 is 46.4 Å². The lowest BCUT2D eigenvalue weighted by Crippen LogP contribution is -1.87. The van der Waals surface area contributed by atoms with Gasteiger partial charge in [-0.15, -0.1) is 0 Å². The van der Waals surface area contributed by atoms with Crippen molar-refractivity contribution in [3.8, 4) is 16.9 Å². The SMILES string of the molecule is COc1cc(Cl)c(-c2ccc(Cl)c(Cl)c2)cc1Cl. The molecule has 0 saturated carbocycles. The van der Waals surface area contributed by atoms with E-state index >= 15 is 0 Å². The Bertz CT molecular complexity index is 596. The molecule has 5 heteroatoms. The zero-order chi connectivity index (χ0) is 13.3. The van der Waals surface area contributed by atoms with Crippen LogP contribution < -0.4 is 4.74 Å². The Labute approximate surface area is 125 Å². The summed E-state index contributed by atoms with van der Waals surface area (Å²) < 4.78 is 5.10. The van der Waals surface area contributed by atoms with Crippen molar-refractivity contribution in [2.45, 2.75) is 0 Å². The molecule has 0 atom stereocenters. The van der Waals surface area contributed by atoms with E-state index in [0.717, 1.165) is 11.1 Å². The van der Waals surface area contributed by atoms with Crippen LogP contribution in [0.15, 0.2) is 30.3 Å². The quantitative estimate of drug-likeness (QED) is 0.661. The maximum absolute atomic E-state index is 6.19. The molecule has 0 radical (unpaired) electrons. The number of rotatable bonds is 2. The van der Waals surface area contributed by atoms with Gasteiger partial charge in [-0.25, -0.2) is 0 Å². The van der Waals surface area contributed by atoms with Gasteiger partial charge in [0.2, 0.25) is 0 Å². The second kappa shape index (κ2) is 5.58. The molecule has 2 rings (SSSR count). The summed E-state index contributed by atoms with van der Waals surface area (Å²) in [7, 11) is 1.54. The van der Waals surface area contributed by atoms with Gasteiger partial charge < -0.3 is 4.74 Å². The molecule has 2 aromatic carbocycles. The minimum Gasteiger partial charge on any atom is -0.495 e. The largest absolute Gasteiger partial charge is 0.495 e. The van der Waals surface area contributed by atoms with Crippen LogP contribution in [0.4, 0.5) is 0 Å². The maximum atomic E-state index is 6.19. The molecule has 0 N–H and O–H groups in total. The summed E-state index contributed by atoms with van der Waals surface area (Å²) in [6, 6.07) is 8.70. The van der Waals surface area contributed by atoms with Gasteiger partial charge in [-0.2, -0.15) is 0 Å². The standard InChI is InChI=1S/C13H8Cl4O/c1-18-13-6-10(15)8(5-12(13)17)7-2-3-9(14)11(16)4-7/h2-6H,1H3. The van der Waals surface area contributed by atoms with Gasteiger partial charge in [0.1, 0.15) is 5.75 Å². The van der Waals surface area contributed by atoms with E-state index in [1.807, 2.05) is 6.07 Å². The number of ether oxygens (including phenoxy) is 1. The van der Waals surface area contributed by atoms with Gasteiger partial charge in [-0.3, -0.25) is 0 Å². The lowest BCUT2D eigenvalue weighted by Gasteiger charge is -2.10. The molecule has 2 aromatic rings. The van der Waals surface area contributed by atoms with Crippen molar-refractivity contribution in [3.63, 3.8) is 0 Å². The summed E-state index contributed by atoms with van der Waals surface area (Å²) in [5.41, 5.74) is 1.62. The highest BCUT2D eigenvalue weighted by Crippen LogP contribution is 2.38. The van der Waals surface area contributed by atoms with Crippen LogP contribution in [0.5, 0.6) is 5.75 Å². The van der Waals surface area contributed by atoms with Gasteiger partial charge >= 0.3 is 0 Å². The van der Waals surface area contributed by atoms with Crippen LogP contribution in [0.3, 0.4) is 0 Å². The Hall–Kier alpha value is -0.600. The molecule has 0 saturated heterocycles. The number of methoxy groups -OCH3 is 1. The molecule has 0 unspecified atom stereocenters. The smallest absolute Gasteiger partial charge is 0.138 e. The van der Waals surface area contributed by atoms with Crippen LogP contribution in [-0.2, 0) is 0 Å². The normalized spacial score (nSPS) is 10.5. The monoisotopic (exact) mass is 320 g/mol. The van der Waals surface area contributed by atoms with E-state index in [4.69, 9.17) is 51.1 Å². The fourth-order valence-corrected chi connectivity index (χ4v) is 2.37. The van der Waals surface area contributed by atoms with Gasteiger partial charge in [-0.1, -0.05) is 52.5 Å². The second-order valence-corrected chi connectivity index (χ2v) is 5.22. The fourth-order valence-electron chi connectivity index (χ4n) is 1.57. The molecule has 18 heavy (non-hydrogen) atoms. The molecule has 0 amide bonds. The zero-order valence-electron chi connectivity index (χ0n) is 9.31. The third kappa shape index (κ3) is 2.70. The van der Waals surface area contributed by atoms with Crippen LogP contribution >= 0.6 is 46.4 Å². The van der Waals surface area contributed by atoms with E-state index in [-0.39, 0.29) is 0 Å². The molecule has 1 nitrogen and oxygen atoms in total. The van der Waals surface area contributed by atoms with Crippen LogP contribution in [0.1, 0.15) is 0 Å². The average Bonchev–Trinajstić information content (AvgIpc) is 2.35. The molecular formula is C13H8Cl4O. The third-order valence-electron chi connectivity index (χ3n) is 2.47. The minimum atomic E-state index is 0.470. The van der Waals surface area contributed by atoms with Crippen molar-refractivity contribution in [3.05, 3.63) is 50.4 Å². The number of halogens is 4. The van der Waals surface area contributed by atoms with Crippen molar-refractivity contribution < 1.29 is 4.74 Å². The van der Waals surface area contributed by atoms with Gasteiger partial charge in [-0.05, 0) is 23.8 Å². The van der Waals surface area contributed by atoms with Crippen LogP contribution in [0, 0.1) is 0 Å². The van der Waals surface area contributed by atoms with Crippen LogP contribution in [0.2, 0.25) is 20.1 Å². The summed E-state index contributed by atoms with van der Waals surface area (Å²) >= 11 is 24.1. The summed E-state index contributed by atoms with van der Waals surface area (Å²) in [6.45, 7) is 0. The molecule has 0 aliphatic heterocycles. The molecule has 0 aromatic heterocycles. The molecule has 0 aliphatic rings. The third-order valence-corrected chi connectivity index (χ3v) is 3.82. The lowest BCUT2D eigenvalue weighted by molar-refractivity contribution is 0.415. The Balaban J connectivity index is 2.57. The van der Waals surface area contributed by atoms with Crippen molar-refractivity contribution in [1.29, 1.82) is 0 Å². The predicted molar refractivity (Wildman–Crippen MR) is 78.5 cm³/mol. The highest BCUT2D eigenvalue weighted by molar-refractivity contribution is 6.42. The van der Waals surface area contributed by atoms with E-state index in [1.165, 1.54) is 7.11 Å². The number of hydrogen-bond acceptors (Lipinski definition) is 1. The molecule has 94 valence electrons. The lowest BCUT2D eigenvalue weighted by atomic mass is 10.1. The zero-order valence-corrected chi connectivity index (χ0v) is 12.3. The first-order chi connectivity index (χ1) is 8.52. The highest BCUT2D eigenvalue weighted by atomic mass is 35.5. The van der Waals surface area contributed by atoms with E-state index in [0.29, 0.717) is 25.8 Å².